The molecule has 2 N–H and O–H groups in total. The number of carbonyl (C=O) groups excluding carboxylic acids is 2. The van der Waals surface area contributed by atoms with Gasteiger partial charge in [0.15, 0.2) is 0 Å². The van der Waals surface area contributed by atoms with Gasteiger partial charge in [-0.25, -0.2) is 0 Å². The molecule has 0 spiro atoms. The van der Waals surface area contributed by atoms with Crippen LogP contribution in [-0.4, -0.2) is 38.4 Å². The number of hydrogen-bond acceptors (Lipinski definition) is 4. The van der Waals surface area contributed by atoms with Crippen LogP contribution in [0, 0.1) is 19.8 Å². The average molecular weight is 391 g/mol. The molecule has 7 nitrogen and oxygen atoms in total. The van der Waals surface area contributed by atoms with Crippen LogP contribution in [0.25, 0.3) is 10.9 Å². The van der Waals surface area contributed by atoms with E-state index in [4.69, 9.17) is 0 Å². The standard InChI is InChI=1S/C22H25N5O2/c1-13-4-7-20(16-5-6-19-17(9-16)10-24-26-19)27(12-13)22(29)21(28)25-18-8-14(2)15(3)23-11-18/h5-6,8-11,13,20H,4,7,12H2,1-3H3,(H,24,26)(H,25,28)/t13-,20+/m0/s1. The Morgan fingerprint density at radius 3 is 2.79 bits per heavy atom. The second-order valence-corrected chi connectivity index (χ2v) is 7.95. The first-order valence-corrected chi connectivity index (χ1v) is 9.90. The molecular weight excluding hydrogens is 366 g/mol. The topological polar surface area (TPSA) is 91.0 Å². The van der Waals surface area contributed by atoms with Gasteiger partial charge in [-0.05, 0) is 61.9 Å². The van der Waals surface area contributed by atoms with Crippen LogP contribution in [0.3, 0.4) is 0 Å². The van der Waals surface area contributed by atoms with Crippen LogP contribution in [0.5, 0.6) is 0 Å². The number of aryl methyl sites for hydroxylation is 2. The summed E-state index contributed by atoms with van der Waals surface area (Å²) in [7, 11) is 0. The lowest BCUT2D eigenvalue weighted by Gasteiger charge is -2.38. The van der Waals surface area contributed by atoms with Gasteiger partial charge >= 0.3 is 11.8 Å². The average Bonchev–Trinajstić information content (AvgIpc) is 3.18. The van der Waals surface area contributed by atoms with E-state index in [1.807, 2.05) is 38.1 Å². The molecule has 1 aliphatic heterocycles. The number of likely N-dealkylation sites (tertiary alicyclic amines) is 1. The van der Waals surface area contributed by atoms with Crippen molar-refractivity contribution in [2.45, 2.75) is 39.7 Å². The lowest BCUT2D eigenvalue weighted by molar-refractivity contribution is -0.146. The molecule has 2 aromatic heterocycles. The molecule has 0 radical (unpaired) electrons. The summed E-state index contributed by atoms with van der Waals surface area (Å²) in [5.74, 6) is -0.783. The van der Waals surface area contributed by atoms with E-state index in [1.165, 1.54) is 0 Å². The Morgan fingerprint density at radius 2 is 2.00 bits per heavy atom. The van der Waals surface area contributed by atoms with Gasteiger partial charge in [-0.1, -0.05) is 13.0 Å². The molecule has 3 aromatic rings. The van der Waals surface area contributed by atoms with E-state index in [0.717, 1.165) is 40.6 Å². The molecule has 7 heteroatoms. The van der Waals surface area contributed by atoms with E-state index in [1.54, 1.807) is 17.3 Å². The zero-order valence-electron chi connectivity index (χ0n) is 16.9. The predicted octanol–water partition coefficient (Wildman–Crippen LogP) is 3.51. The smallest absolute Gasteiger partial charge is 0.313 e. The number of fused-ring (bicyclic) bond motifs is 1. The third-order valence-electron chi connectivity index (χ3n) is 5.72. The van der Waals surface area contributed by atoms with Crippen LogP contribution < -0.4 is 5.32 Å². The highest BCUT2D eigenvalue weighted by Gasteiger charge is 2.34. The van der Waals surface area contributed by atoms with Gasteiger partial charge in [0.2, 0.25) is 0 Å². The molecule has 1 fully saturated rings. The molecule has 0 unspecified atom stereocenters. The van der Waals surface area contributed by atoms with Gasteiger partial charge in [-0.2, -0.15) is 5.10 Å². The number of carbonyl (C=O) groups is 2. The summed E-state index contributed by atoms with van der Waals surface area (Å²) in [5.41, 5.74) is 4.38. The van der Waals surface area contributed by atoms with Gasteiger partial charge in [-0.3, -0.25) is 19.7 Å². The Kier molecular flexibility index (Phi) is 5.05. The lowest BCUT2D eigenvalue weighted by Crippen LogP contribution is -2.46. The summed E-state index contributed by atoms with van der Waals surface area (Å²) < 4.78 is 0. The highest BCUT2D eigenvalue weighted by atomic mass is 16.2. The zero-order valence-corrected chi connectivity index (χ0v) is 16.9. The van der Waals surface area contributed by atoms with Gasteiger partial charge in [0.1, 0.15) is 0 Å². The fourth-order valence-corrected chi connectivity index (χ4v) is 3.92. The second kappa shape index (κ2) is 7.66. The number of aromatic amines is 1. The minimum Gasteiger partial charge on any atom is -0.327 e. The van der Waals surface area contributed by atoms with Crippen molar-refractivity contribution < 1.29 is 9.59 Å². The quantitative estimate of drug-likeness (QED) is 0.654. The Labute approximate surface area is 169 Å². The van der Waals surface area contributed by atoms with Crippen LogP contribution in [-0.2, 0) is 9.59 Å². The van der Waals surface area contributed by atoms with Crippen molar-refractivity contribution in [3.8, 4) is 0 Å². The summed E-state index contributed by atoms with van der Waals surface area (Å²) in [6.07, 6.45) is 5.20. The second-order valence-electron chi connectivity index (χ2n) is 7.95. The van der Waals surface area contributed by atoms with Crippen LogP contribution in [0.4, 0.5) is 5.69 Å². The first-order chi connectivity index (χ1) is 13.9. The molecule has 0 aliphatic carbocycles. The van der Waals surface area contributed by atoms with Crippen molar-refractivity contribution in [1.29, 1.82) is 0 Å². The molecule has 1 saturated heterocycles. The maximum atomic E-state index is 13.1. The van der Waals surface area contributed by atoms with E-state index >= 15 is 0 Å². The number of nitrogens with one attached hydrogen (secondary N) is 2. The number of anilines is 1. The largest absolute Gasteiger partial charge is 0.327 e. The zero-order chi connectivity index (χ0) is 20.5. The SMILES string of the molecule is Cc1cc(NC(=O)C(=O)N2C[C@@H](C)CC[C@@H]2c2ccc3[nH]ncc3c2)cnc1C. The van der Waals surface area contributed by atoms with E-state index in [2.05, 4.69) is 27.4 Å². The van der Waals surface area contributed by atoms with Crippen molar-refractivity contribution in [2.75, 3.05) is 11.9 Å². The number of aromatic nitrogens is 3. The van der Waals surface area contributed by atoms with Gasteiger partial charge < -0.3 is 10.2 Å². The van der Waals surface area contributed by atoms with Crippen molar-refractivity contribution in [3.05, 3.63) is 53.5 Å². The van der Waals surface area contributed by atoms with Crippen LogP contribution in [0.2, 0.25) is 0 Å². The molecule has 1 aliphatic rings. The van der Waals surface area contributed by atoms with Crippen molar-refractivity contribution in [1.82, 2.24) is 20.1 Å². The van der Waals surface area contributed by atoms with Crippen LogP contribution in [0.1, 0.15) is 42.6 Å². The maximum Gasteiger partial charge on any atom is 0.313 e. The molecule has 3 heterocycles. The summed E-state index contributed by atoms with van der Waals surface area (Å²) >= 11 is 0. The van der Waals surface area contributed by atoms with Gasteiger partial charge in [0, 0.05) is 17.6 Å². The Morgan fingerprint density at radius 1 is 1.17 bits per heavy atom. The monoisotopic (exact) mass is 391 g/mol. The number of nitrogens with zero attached hydrogens (tertiary/aromatic N) is 3. The molecule has 4 rings (SSSR count). The van der Waals surface area contributed by atoms with Crippen LogP contribution >= 0.6 is 0 Å². The summed E-state index contributed by atoms with van der Waals surface area (Å²) in [5, 5.41) is 10.7. The molecule has 0 saturated carbocycles. The molecule has 2 amide bonds. The minimum atomic E-state index is -0.626. The van der Waals surface area contributed by atoms with E-state index in [0.29, 0.717) is 18.2 Å². The maximum absolute atomic E-state index is 13.1. The molecular formula is C22H25N5O2. The predicted molar refractivity (Wildman–Crippen MR) is 111 cm³/mol. The normalized spacial score (nSPS) is 19.3. The number of piperidine rings is 1. The minimum absolute atomic E-state index is 0.123. The van der Waals surface area contributed by atoms with Gasteiger partial charge in [0.25, 0.3) is 0 Å². The Bertz CT molecular complexity index is 1070. The highest BCUT2D eigenvalue weighted by molar-refractivity contribution is 6.39. The molecule has 1 aromatic carbocycles. The van der Waals surface area contributed by atoms with Crippen molar-refractivity contribution in [3.63, 3.8) is 0 Å². The number of amides is 2. The molecule has 29 heavy (non-hydrogen) atoms. The number of rotatable bonds is 2. The van der Waals surface area contributed by atoms with Crippen molar-refractivity contribution in [2.24, 2.45) is 5.92 Å². The summed E-state index contributed by atoms with van der Waals surface area (Å²) in [4.78, 5) is 31.8. The Balaban J connectivity index is 1.57. The molecule has 2 atom stereocenters. The number of H-pyrrole nitrogens is 1. The number of pyridine rings is 1. The van der Waals surface area contributed by atoms with E-state index in [9.17, 15) is 9.59 Å². The van der Waals surface area contributed by atoms with Gasteiger partial charge in [0.05, 0.1) is 29.6 Å². The first-order valence-electron chi connectivity index (χ1n) is 9.90. The molecule has 0 bridgehead atoms. The Hall–Kier alpha value is -3.22. The molecule has 150 valence electrons. The van der Waals surface area contributed by atoms with E-state index < -0.39 is 11.8 Å². The first kappa shape index (κ1) is 19.1. The van der Waals surface area contributed by atoms with Gasteiger partial charge in [-0.15, -0.1) is 0 Å². The third-order valence-corrected chi connectivity index (χ3v) is 5.72. The van der Waals surface area contributed by atoms with Crippen LogP contribution in [0.15, 0.2) is 36.7 Å². The fourth-order valence-electron chi connectivity index (χ4n) is 3.92. The van der Waals surface area contributed by atoms with E-state index in [-0.39, 0.29) is 6.04 Å². The van der Waals surface area contributed by atoms with Crippen molar-refractivity contribution >= 4 is 28.4 Å². The summed E-state index contributed by atoms with van der Waals surface area (Å²) in [6, 6.07) is 7.73. The fraction of sp³-hybridized carbons (Fsp3) is 0.364. The lowest BCUT2D eigenvalue weighted by atomic mass is 9.89. The number of hydrogen-bond donors (Lipinski definition) is 2. The summed E-state index contributed by atoms with van der Waals surface area (Å²) in [6.45, 7) is 6.50. The highest BCUT2D eigenvalue weighted by Crippen LogP contribution is 2.34. The third kappa shape index (κ3) is 3.85. The number of benzene rings is 1.